The van der Waals surface area contributed by atoms with Gasteiger partial charge in [-0.05, 0) is 29.8 Å². The fraction of sp³-hybridized carbons (Fsp3) is 0.292. The monoisotopic (exact) mass is 463 g/mol. The van der Waals surface area contributed by atoms with Gasteiger partial charge in [0.15, 0.2) is 5.65 Å². The van der Waals surface area contributed by atoms with Crippen LogP contribution in [-0.2, 0) is 13.6 Å². The highest BCUT2D eigenvalue weighted by molar-refractivity contribution is 6.30. The van der Waals surface area contributed by atoms with Crippen LogP contribution >= 0.6 is 11.6 Å². The van der Waals surface area contributed by atoms with Crippen molar-refractivity contribution in [3.05, 3.63) is 59.1 Å². The fourth-order valence-corrected chi connectivity index (χ4v) is 4.30. The third kappa shape index (κ3) is 4.31. The first kappa shape index (κ1) is 21.5. The lowest BCUT2D eigenvalue weighted by atomic mass is 10.1. The quantitative estimate of drug-likeness (QED) is 0.484. The SMILES string of the molecule is COc1cccc(-c2nc(N3CCN(Cc4ccc(Cl)cc4)CC3)nc3nn(C)c(N)c23)c1. The van der Waals surface area contributed by atoms with Crippen molar-refractivity contribution in [1.82, 2.24) is 24.6 Å². The summed E-state index contributed by atoms with van der Waals surface area (Å²) in [6.07, 6.45) is 0. The number of rotatable bonds is 5. The van der Waals surface area contributed by atoms with Crippen molar-refractivity contribution in [2.24, 2.45) is 7.05 Å². The van der Waals surface area contributed by atoms with Crippen LogP contribution in [-0.4, -0.2) is 57.9 Å². The molecular formula is C24H26ClN7O. The first-order chi connectivity index (χ1) is 16.0. The molecule has 0 unspecified atom stereocenters. The maximum atomic E-state index is 6.34. The van der Waals surface area contributed by atoms with Gasteiger partial charge in [0.2, 0.25) is 5.95 Å². The first-order valence-electron chi connectivity index (χ1n) is 10.9. The molecule has 9 heteroatoms. The zero-order valence-electron chi connectivity index (χ0n) is 18.7. The molecule has 0 bridgehead atoms. The Morgan fingerprint density at radius 1 is 1.03 bits per heavy atom. The Morgan fingerprint density at radius 3 is 2.52 bits per heavy atom. The molecule has 5 rings (SSSR count). The molecule has 0 saturated carbocycles. The Hall–Kier alpha value is -3.36. The van der Waals surface area contributed by atoms with Crippen molar-refractivity contribution < 1.29 is 4.74 Å². The Balaban J connectivity index is 1.42. The predicted molar refractivity (Wildman–Crippen MR) is 132 cm³/mol. The van der Waals surface area contributed by atoms with Crippen LogP contribution in [0.1, 0.15) is 5.56 Å². The van der Waals surface area contributed by atoms with E-state index in [0.717, 1.165) is 60.1 Å². The highest BCUT2D eigenvalue weighted by Gasteiger charge is 2.23. The van der Waals surface area contributed by atoms with Gasteiger partial charge in [-0.3, -0.25) is 9.58 Å². The van der Waals surface area contributed by atoms with E-state index in [9.17, 15) is 0 Å². The van der Waals surface area contributed by atoms with Gasteiger partial charge in [-0.15, -0.1) is 0 Å². The Kier molecular flexibility index (Phi) is 5.78. The molecule has 4 aromatic rings. The number of hydrogen-bond donors (Lipinski definition) is 1. The molecule has 1 aliphatic heterocycles. The van der Waals surface area contributed by atoms with Crippen molar-refractivity contribution in [3.8, 4) is 17.0 Å². The van der Waals surface area contributed by atoms with Crippen molar-refractivity contribution in [2.45, 2.75) is 6.54 Å². The molecule has 2 aromatic heterocycles. The molecule has 33 heavy (non-hydrogen) atoms. The number of anilines is 2. The molecule has 1 aliphatic rings. The highest BCUT2D eigenvalue weighted by Crippen LogP contribution is 2.33. The number of halogens is 1. The number of nitrogen functional groups attached to an aromatic ring is 1. The Morgan fingerprint density at radius 2 is 1.79 bits per heavy atom. The van der Waals surface area contributed by atoms with Gasteiger partial charge in [-0.1, -0.05) is 35.9 Å². The van der Waals surface area contributed by atoms with E-state index in [1.165, 1.54) is 5.56 Å². The lowest BCUT2D eigenvalue weighted by Crippen LogP contribution is -2.46. The molecule has 2 aromatic carbocycles. The van der Waals surface area contributed by atoms with Gasteiger partial charge in [0, 0.05) is 50.4 Å². The number of nitrogens with zero attached hydrogens (tertiary/aromatic N) is 6. The van der Waals surface area contributed by atoms with Crippen LogP contribution in [0.5, 0.6) is 5.75 Å². The van der Waals surface area contributed by atoms with Crippen LogP contribution in [0.2, 0.25) is 5.02 Å². The number of benzene rings is 2. The van der Waals surface area contributed by atoms with Crippen LogP contribution in [0.15, 0.2) is 48.5 Å². The summed E-state index contributed by atoms with van der Waals surface area (Å²) in [5.74, 6) is 1.98. The average molecular weight is 464 g/mol. The number of piperazine rings is 1. The summed E-state index contributed by atoms with van der Waals surface area (Å²) in [5, 5.41) is 6.06. The van der Waals surface area contributed by atoms with Crippen LogP contribution < -0.4 is 15.4 Å². The second kappa shape index (κ2) is 8.88. The molecule has 1 fully saturated rings. The van der Waals surface area contributed by atoms with E-state index in [1.807, 2.05) is 43.4 Å². The minimum atomic E-state index is 0.544. The molecule has 8 nitrogen and oxygen atoms in total. The molecule has 2 N–H and O–H groups in total. The first-order valence-corrected chi connectivity index (χ1v) is 11.3. The summed E-state index contributed by atoms with van der Waals surface area (Å²) in [7, 11) is 3.48. The van der Waals surface area contributed by atoms with Crippen LogP contribution in [0.3, 0.4) is 0 Å². The van der Waals surface area contributed by atoms with Gasteiger partial charge in [0.05, 0.1) is 18.2 Å². The largest absolute Gasteiger partial charge is 0.497 e. The minimum Gasteiger partial charge on any atom is -0.497 e. The molecule has 0 aliphatic carbocycles. The highest BCUT2D eigenvalue weighted by atomic mass is 35.5. The van der Waals surface area contributed by atoms with Crippen LogP contribution in [0.4, 0.5) is 11.8 Å². The maximum absolute atomic E-state index is 6.34. The van der Waals surface area contributed by atoms with E-state index >= 15 is 0 Å². The maximum Gasteiger partial charge on any atom is 0.228 e. The van der Waals surface area contributed by atoms with E-state index in [-0.39, 0.29) is 0 Å². The zero-order chi connectivity index (χ0) is 22.9. The number of aryl methyl sites for hydroxylation is 1. The van der Waals surface area contributed by atoms with Crippen molar-refractivity contribution >= 4 is 34.4 Å². The van der Waals surface area contributed by atoms with Gasteiger partial charge >= 0.3 is 0 Å². The van der Waals surface area contributed by atoms with Gasteiger partial charge in [0.25, 0.3) is 0 Å². The van der Waals surface area contributed by atoms with Crippen molar-refractivity contribution in [1.29, 1.82) is 0 Å². The normalized spacial score (nSPS) is 14.7. The van der Waals surface area contributed by atoms with Crippen LogP contribution in [0, 0.1) is 0 Å². The summed E-state index contributed by atoms with van der Waals surface area (Å²) in [6.45, 7) is 4.40. The second-order valence-corrected chi connectivity index (χ2v) is 8.64. The zero-order valence-corrected chi connectivity index (χ0v) is 19.5. The third-order valence-corrected chi connectivity index (χ3v) is 6.30. The van der Waals surface area contributed by atoms with Gasteiger partial charge < -0.3 is 15.4 Å². The van der Waals surface area contributed by atoms with Gasteiger partial charge in [-0.25, -0.2) is 4.98 Å². The lowest BCUT2D eigenvalue weighted by molar-refractivity contribution is 0.249. The van der Waals surface area contributed by atoms with Gasteiger partial charge in [0.1, 0.15) is 11.6 Å². The molecule has 0 radical (unpaired) electrons. The summed E-state index contributed by atoms with van der Waals surface area (Å²) in [5.41, 5.74) is 9.88. The van der Waals surface area contributed by atoms with Crippen molar-refractivity contribution in [2.75, 3.05) is 43.9 Å². The third-order valence-electron chi connectivity index (χ3n) is 6.05. The minimum absolute atomic E-state index is 0.544. The smallest absolute Gasteiger partial charge is 0.228 e. The summed E-state index contributed by atoms with van der Waals surface area (Å²) >= 11 is 6.01. The van der Waals surface area contributed by atoms with E-state index in [0.29, 0.717) is 17.4 Å². The van der Waals surface area contributed by atoms with Gasteiger partial charge in [-0.2, -0.15) is 10.1 Å². The molecule has 0 amide bonds. The van der Waals surface area contributed by atoms with E-state index in [4.69, 9.17) is 32.0 Å². The summed E-state index contributed by atoms with van der Waals surface area (Å²) < 4.78 is 7.07. The Bertz CT molecular complexity index is 1280. The van der Waals surface area contributed by atoms with Crippen LogP contribution in [0.25, 0.3) is 22.3 Å². The molecule has 1 saturated heterocycles. The fourth-order valence-electron chi connectivity index (χ4n) is 4.18. The molecule has 0 spiro atoms. The number of methoxy groups -OCH3 is 1. The number of fused-ring (bicyclic) bond motifs is 1. The molecule has 0 atom stereocenters. The summed E-state index contributed by atoms with van der Waals surface area (Å²) in [4.78, 5) is 14.4. The predicted octanol–water partition coefficient (Wildman–Crippen LogP) is 3.60. The van der Waals surface area contributed by atoms with E-state index in [1.54, 1.807) is 11.8 Å². The Labute approximate surface area is 197 Å². The van der Waals surface area contributed by atoms with E-state index < -0.39 is 0 Å². The number of hydrogen-bond acceptors (Lipinski definition) is 7. The van der Waals surface area contributed by atoms with E-state index in [2.05, 4.69) is 27.0 Å². The average Bonchev–Trinajstić information content (AvgIpc) is 3.13. The second-order valence-electron chi connectivity index (χ2n) is 8.20. The number of ether oxygens (including phenoxy) is 1. The standard InChI is InChI=1S/C24H26ClN7O/c1-30-22(26)20-21(17-4-3-5-19(14-17)33-2)27-24(28-23(20)29-30)32-12-10-31(11-13-32)15-16-6-8-18(25)9-7-16/h3-9,14H,10-13,15,26H2,1-2H3. The molecule has 170 valence electrons. The topological polar surface area (TPSA) is 85.3 Å². The summed E-state index contributed by atoms with van der Waals surface area (Å²) in [6, 6.07) is 15.9. The lowest BCUT2D eigenvalue weighted by Gasteiger charge is -2.34. The number of nitrogens with two attached hydrogens (primary N) is 1. The van der Waals surface area contributed by atoms with Crippen molar-refractivity contribution in [3.63, 3.8) is 0 Å². The molecular weight excluding hydrogens is 438 g/mol. The number of aromatic nitrogens is 4. The molecule has 3 heterocycles.